The number of hydrogen-bond acceptors (Lipinski definition) is 4. The maximum Gasteiger partial charge on any atom is 0.259 e. The van der Waals surface area contributed by atoms with Crippen LogP contribution in [0.3, 0.4) is 0 Å². The van der Waals surface area contributed by atoms with Crippen LogP contribution in [0.5, 0.6) is 0 Å². The Hall–Kier alpha value is -1.73. The molecule has 0 aliphatic heterocycles. The van der Waals surface area contributed by atoms with E-state index in [0.717, 1.165) is 51.0 Å². The minimum atomic E-state index is -0.923. The van der Waals surface area contributed by atoms with Gasteiger partial charge < -0.3 is 10.2 Å². The highest BCUT2D eigenvalue weighted by Crippen LogP contribution is 2.18. The van der Waals surface area contributed by atoms with Crippen LogP contribution in [0.2, 0.25) is 0 Å². The number of unbranched alkanes of at least 4 members (excludes halogenated alkanes) is 1. The molecule has 0 radical (unpaired) electrons. The highest BCUT2D eigenvalue weighted by atomic mass is 32.2. The normalized spacial score (nSPS) is 12.5. The Kier molecular flexibility index (Phi) is 11.7. The zero-order valence-electron chi connectivity index (χ0n) is 17.2. The second-order valence-corrected chi connectivity index (χ2v) is 7.32. The summed E-state index contributed by atoms with van der Waals surface area (Å²) in [5.74, 6) is -1.99. The van der Waals surface area contributed by atoms with Crippen molar-refractivity contribution in [2.24, 2.45) is 4.99 Å². The molecule has 0 unspecified atom stereocenters. The molecule has 0 spiro atoms. The third kappa shape index (κ3) is 8.52. The molecule has 0 saturated heterocycles. The number of carbonyl (C=O) groups excluding carboxylic acids is 1. The van der Waals surface area contributed by atoms with Crippen molar-refractivity contribution in [2.45, 2.75) is 40.0 Å². The quantitative estimate of drug-likeness (QED) is 0.404. The predicted molar refractivity (Wildman–Crippen MR) is 115 cm³/mol. The molecular weight excluding hydrogens is 380 g/mol. The van der Waals surface area contributed by atoms with E-state index in [9.17, 15) is 13.6 Å². The van der Waals surface area contributed by atoms with Crippen LogP contribution < -0.4 is 5.32 Å². The van der Waals surface area contributed by atoms with Gasteiger partial charge in [-0.05, 0) is 56.8 Å². The number of hydrogen-bond donors (Lipinski definition) is 1. The molecule has 1 aromatic rings. The summed E-state index contributed by atoms with van der Waals surface area (Å²) in [4.78, 5) is 19.6. The monoisotopic (exact) mass is 411 g/mol. The van der Waals surface area contributed by atoms with Crippen LogP contribution >= 0.6 is 11.8 Å². The minimum Gasteiger partial charge on any atom is -0.350 e. The van der Waals surface area contributed by atoms with Crippen molar-refractivity contribution in [3.05, 3.63) is 46.0 Å². The number of thioether (sulfide) groups is 1. The van der Waals surface area contributed by atoms with Gasteiger partial charge in [0, 0.05) is 19.3 Å². The predicted octanol–water partition coefficient (Wildman–Crippen LogP) is 4.61. The molecule has 4 nitrogen and oxygen atoms in total. The molecular formula is C21H31F2N3OS. The smallest absolute Gasteiger partial charge is 0.259 e. The summed E-state index contributed by atoms with van der Waals surface area (Å²) < 4.78 is 26.3. The van der Waals surface area contributed by atoms with Crippen molar-refractivity contribution in [3.63, 3.8) is 0 Å². The second-order valence-electron chi connectivity index (χ2n) is 6.50. The summed E-state index contributed by atoms with van der Waals surface area (Å²) >= 11 is 1.32. The van der Waals surface area contributed by atoms with Crippen LogP contribution in [0, 0.1) is 11.6 Å². The molecule has 0 heterocycles. The van der Waals surface area contributed by atoms with E-state index < -0.39 is 11.6 Å². The topological polar surface area (TPSA) is 44.7 Å². The molecule has 0 aromatic heterocycles. The SMILES string of the molecule is CCCCN(CCC)CCNC(=O)/C(SC)=C(\C)N=Cc1ccc(F)c(F)c1. The maximum atomic E-state index is 13.3. The van der Waals surface area contributed by atoms with E-state index in [4.69, 9.17) is 0 Å². The van der Waals surface area contributed by atoms with Crippen molar-refractivity contribution >= 4 is 23.9 Å². The third-order valence-corrected chi connectivity index (χ3v) is 5.06. The Balaban J connectivity index is 2.68. The molecule has 0 saturated carbocycles. The molecule has 1 amide bonds. The van der Waals surface area contributed by atoms with Gasteiger partial charge in [0.1, 0.15) is 0 Å². The second kappa shape index (κ2) is 13.4. The van der Waals surface area contributed by atoms with E-state index in [-0.39, 0.29) is 5.91 Å². The average molecular weight is 412 g/mol. The fourth-order valence-electron chi connectivity index (χ4n) is 2.67. The van der Waals surface area contributed by atoms with E-state index in [2.05, 4.69) is 29.1 Å². The van der Waals surface area contributed by atoms with Gasteiger partial charge in [-0.2, -0.15) is 0 Å². The maximum absolute atomic E-state index is 13.3. The van der Waals surface area contributed by atoms with Crippen LogP contribution in [0.25, 0.3) is 0 Å². The van der Waals surface area contributed by atoms with E-state index >= 15 is 0 Å². The first-order valence-electron chi connectivity index (χ1n) is 9.67. The van der Waals surface area contributed by atoms with Crippen molar-refractivity contribution in [3.8, 4) is 0 Å². The lowest BCUT2D eigenvalue weighted by atomic mass is 10.2. The first-order valence-corrected chi connectivity index (χ1v) is 10.9. The molecule has 0 bridgehead atoms. The number of rotatable bonds is 12. The van der Waals surface area contributed by atoms with Crippen LogP contribution in [-0.4, -0.2) is 49.5 Å². The lowest BCUT2D eigenvalue weighted by Crippen LogP contribution is -2.36. The first-order chi connectivity index (χ1) is 13.4. The molecule has 1 N–H and O–H groups in total. The number of nitrogens with zero attached hydrogens (tertiary/aromatic N) is 2. The standard InChI is InChI=1S/C21H31F2N3OS/c1-5-7-12-26(11-6-2)13-10-24-21(27)20(28-4)16(3)25-15-17-8-9-18(22)19(23)14-17/h8-9,14-15H,5-7,10-13H2,1-4H3,(H,24,27)/b20-16-,25-15?. The van der Waals surface area contributed by atoms with Crippen molar-refractivity contribution in [2.75, 3.05) is 32.4 Å². The lowest BCUT2D eigenvalue weighted by molar-refractivity contribution is -0.116. The van der Waals surface area contributed by atoms with Gasteiger partial charge in [-0.1, -0.05) is 26.3 Å². The number of amides is 1. The molecule has 1 aromatic carbocycles. The van der Waals surface area contributed by atoms with Gasteiger partial charge in [0.25, 0.3) is 5.91 Å². The van der Waals surface area contributed by atoms with Gasteiger partial charge >= 0.3 is 0 Å². The van der Waals surface area contributed by atoms with Crippen LogP contribution in [-0.2, 0) is 4.79 Å². The summed E-state index contributed by atoms with van der Waals surface area (Å²) in [5.41, 5.74) is 0.969. The fraction of sp³-hybridized carbons (Fsp3) is 0.524. The van der Waals surface area contributed by atoms with E-state index in [1.807, 2.05) is 6.26 Å². The van der Waals surface area contributed by atoms with Gasteiger partial charge in [0.2, 0.25) is 0 Å². The summed E-state index contributed by atoms with van der Waals surface area (Å²) in [6.07, 6.45) is 6.64. The number of halogens is 2. The van der Waals surface area contributed by atoms with E-state index in [0.29, 0.717) is 22.7 Å². The summed E-state index contributed by atoms with van der Waals surface area (Å²) in [5, 5.41) is 2.95. The Labute approximate surface area is 171 Å². The Morgan fingerprint density at radius 2 is 1.93 bits per heavy atom. The third-order valence-electron chi connectivity index (χ3n) is 4.17. The molecule has 7 heteroatoms. The highest BCUT2D eigenvalue weighted by molar-refractivity contribution is 8.03. The number of aliphatic imine (C=N–C) groups is 1. The highest BCUT2D eigenvalue weighted by Gasteiger charge is 2.12. The molecule has 0 aliphatic rings. The van der Waals surface area contributed by atoms with Crippen molar-refractivity contribution in [1.29, 1.82) is 0 Å². The summed E-state index contributed by atoms with van der Waals surface area (Å²) in [7, 11) is 0. The molecule has 0 atom stereocenters. The van der Waals surface area contributed by atoms with Crippen LogP contribution in [0.4, 0.5) is 8.78 Å². The van der Waals surface area contributed by atoms with Crippen molar-refractivity contribution in [1.82, 2.24) is 10.2 Å². The molecule has 156 valence electrons. The van der Waals surface area contributed by atoms with E-state index in [1.54, 1.807) is 6.92 Å². The largest absolute Gasteiger partial charge is 0.350 e. The van der Waals surface area contributed by atoms with Gasteiger partial charge in [-0.25, -0.2) is 8.78 Å². The number of benzene rings is 1. The molecule has 0 fully saturated rings. The van der Waals surface area contributed by atoms with Crippen LogP contribution in [0.1, 0.15) is 45.6 Å². The summed E-state index contributed by atoms with van der Waals surface area (Å²) in [6, 6.07) is 3.56. The van der Waals surface area contributed by atoms with Gasteiger partial charge in [0.15, 0.2) is 11.6 Å². The molecule has 28 heavy (non-hydrogen) atoms. The number of nitrogens with one attached hydrogen (secondary N) is 1. The Bertz CT molecular complexity index is 692. The zero-order chi connectivity index (χ0) is 20.9. The number of allylic oxidation sites excluding steroid dienone is 1. The van der Waals surface area contributed by atoms with Crippen molar-refractivity contribution < 1.29 is 13.6 Å². The minimum absolute atomic E-state index is 0.167. The Morgan fingerprint density at radius 3 is 2.54 bits per heavy atom. The van der Waals surface area contributed by atoms with Gasteiger partial charge in [-0.3, -0.25) is 9.79 Å². The van der Waals surface area contributed by atoms with Gasteiger partial charge in [0.05, 0.1) is 10.6 Å². The average Bonchev–Trinajstić information content (AvgIpc) is 2.67. The fourth-order valence-corrected chi connectivity index (χ4v) is 3.27. The summed E-state index contributed by atoms with van der Waals surface area (Å²) in [6.45, 7) is 9.52. The zero-order valence-corrected chi connectivity index (χ0v) is 18.0. The van der Waals surface area contributed by atoms with E-state index in [1.165, 1.54) is 24.0 Å². The van der Waals surface area contributed by atoms with Crippen LogP contribution in [0.15, 0.2) is 33.8 Å². The molecule has 0 aliphatic carbocycles. The van der Waals surface area contributed by atoms with Gasteiger partial charge in [-0.15, -0.1) is 11.8 Å². The lowest BCUT2D eigenvalue weighted by Gasteiger charge is -2.21. The first kappa shape index (κ1) is 24.3. The number of carbonyl (C=O) groups is 1. The molecule has 1 rings (SSSR count). The Morgan fingerprint density at radius 1 is 1.18 bits per heavy atom.